The van der Waals surface area contributed by atoms with Crippen LogP contribution in [0.2, 0.25) is 5.02 Å². The highest BCUT2D eigenvalue weighted by atomic mass is 35.5. The lowest BCUT2D eigenvalue weighted by molar-refractivity contribution is -0.123. The van der Waals surface area contributed by atoms with Gasteiger partial charge in [0.15, 0.2) is 0 Å². The van der Waals surface area contributed by atoms with Gasteiger partial charge in [-0.3, -0.25) is 14.4 Å². The first-order valence-electron chi connectivity index (χ1n) is 11.3. The Labute approximate surface area is 198 Å². The summed E-state index contributed by atoms with van der Waals surface area (Å²) >= 11 is 6.50. The van der Waals surface area contributed by atoms with E-state index in [4.69, 9.17) is 17.3 Å². The first-order valence-corrected chi connectivity index (χ1v) is 11.7. The fourth-order valence-electron chi connectivity index (χ4n) is 5.12. The van der Waals surface area contributed by atoms with Crippen LogP contribution in [0.15, 0.2) is 18.3 Å². The zero-order chi connectivity index (χ0) is 23.9. The van der Waals surface area contributed by atoms with E-state index in [1.807, 2.05) is 4.57 Å². The smallest absolute Gasteiger partial charge is 0.265 e. The third kappa shape index (κ3) is 4.90. The van der Waals surface area contributed by atoms with Crippen molar-refractivity contribution in [1.29, 1.82) is 0 Å². The molecule has 2 aliphatic rings. The predicted molar refractivity (Wildman–Crippen MR) is 127 cm³/mol. The van der Waals surface area contributed by atoms with Gasteiger partial charge in [-0.1, -0.05) is 31.9 Å². The summed E-state index contributed by atoms with van der Waals surface area (Å²) in [5.74, 6) is -0.475. The molecule has 9 heteroatoms. The number of anilines is 1. The number of amides is 3. The van der Waals surface area contributed by atoms with Crippen LogP contribution in [-0.4, -0.2) is 33.3 Å². The number of fused-ring (bicyclic) bond motifs is 1. The van der Waals surface area contributed by atoms with Crippen LogP contribution in [-0.2, 0) is 22.6 Å². The summed E-state index contributed by atoms with van der Waals surface area (Å²) in [6, 6.07) is 3.54. The molecule has 4 N–H and O–H groups in total. The predicted octanol–water partition coefficient (Wildman–Crippen LogP) is 3.52. The molecule has 2 atom stereocenters. The molecule has 2 aromatic rings. The Morgan fingerprint density at radius 2 is 1.97 bits per heavy atom. The third-order valence-corrected chi connectivity index (χ3v) is 6.84. The highest BCUT2D eigenvalue weighted by Gasteiger charge is 2.34. The molecule has 2 aromatic heterocycles. The van der Waals surface area contributed by atoms with E-state index in [1.165, 1.54) is 13.1 Å². The van der Waals surface area contributed by atoms with Crippen LogP contribution in [0.4, 0.5) is 5.82 Å². The van der Waals surface area contributed by atoms with Gasteiger partial charge in [0.25, 0.3) is 5.91 Å². The van der Waals surface area contributed by atoms with Crippen LogP contribution in [0.25, 0.3) is 11.1 Å². The molecule has 1 fully saturated rings. The fourth-order valence-corrected chi connectivity index (χ4v) is 5.33. The molecule has 1 aliphatic carbocycles. The summed E-state index contributed by atoms with van der Waals surface area (Å²) in [6.07, 6.45) is 5.43. The monoisotopic (exact) mass is 471 g/mol. The molecule has 0 unspecified atom stereocenters. The molecule has 0 saturated heterocycles. The Morgan fingerprint density at radius 3 is 2.67 bits per heavy atom. The molecular weight excluding hydrogens is 442 g/mol. The number of nitrogens with zero attached hydrogens (tertiary/aromatic N) is 2. The van der Waals surface area contributed by atoms with Crippen molar-refractivity contribution in [2.45, 2.75) is 65.5 Å². The highest BCUT2D eigenvalue weighted by Crippen LogP contribution is 2.42. The van der Waals surface area contributed by atoms with Crippen molar-refractivity contribution in [1.82, 2.24) is 14.9 Å². The van der Waals surface area contributed by atoms with Gasteiger partial charge in [0.1, 0.15) is 11.5 Å². The number of carbonyl (C=O) groups is 3. The van der Waals surface area contributed by atoms with Gasteiger partial charge in [0.05, 0.1) is 5.02 Å². The van der Waals surface area contributed by atoms with Gasteiger partial charge in [-0.05, 0) is 43.2 Å². The molecule has 8 nitrogen and oxygen atoms in total. The second-order valence-electron chi connectivity index (χ2n) is 9.98. The van der Waals surface area contributed by atoms with Crippen molar-refractivity contribution in [2.75, 3.05) is 5.32 Å². The number of aromatic nitrogens is 2. The lowest BCUT2D eigenvalue weighted by Crippen LogP contribution is -2.40. The lowest BCUT2D eigenvalue weighted by Gasteiger charge is -2.28. The second kappa shape index (κ2) is 8.82. The number of carbonyl (C=O) groups excluding carboxylic acids is 3. The minimum atomic E-state index is -0.482. The van der Waals surface area contributed by atoms with E-state index >= 15 is 0 Å². The molecule has 3 amide bonds. The Morgan fingerprint density at radius 1 is 1.21 bits per heavy atom. The number of hydrogen-bond donors (Lipinski definition) is 3. The Bertz CT molecular complexity index is 1120. The zero-order valence-corrected chi connectivity index (χ0v) is 20.0. The topological polar surface area (TPSA) is 119 Å². The van der Waals surface area contributed by atoms with E-state index in [0.717, 1.165) is 36.9 Å². The average molecular weight is 472 g/mol. The van der Waals surface area contributed by atoms with Gasteiger partial charge in [0, 0.05) is 48.4 Å². The highest BCUT2D eigenvalue weighted by molar-refractivity contribution is 6.33. The van der Waals surface area contributed by atoms with Crippen molar-refractivity contribution < 1.29 is 14.4 Å². The normalized spacial score (nSPS) is 21.3. The SMILES string of the molecule is CC(=O)N[C@@H]1CCC[C@H](C(=O)Nc2cc(-c3cc(C(N)=O)n4c3CC(C)(C)C4)c(Cl)cn2)C1. The average Bonchev–Trinajstić information content (AvgIpc) is 3.22. The minimum absolute atomic E-state index is 0.00245. The van der Waals surface area contributed by atoms with Crippen molar-refractivity contribution in [3.8, 4) is 11.1 Å². The summed E-state index contributed by atoms with van der Waals surface area (Å²) in [4.78, 5) is 40.7. The van der Waals surface area contributed by atoms with Crippen LogP contribution >= 0.6 is 11.6 Å². The number of nitrogens with two attached hydrogens (primary N) is 1. The maximum atomic E-state index is 12.9. The van der Waals surface area contributed by atoms with Crippen LogP contribution < -0.4 is 16.4 Å². The van der Waals surface area contributed by atoms with Gasteiger partial charge in [-0.15, -0.1) is 0 Å². The largest absolute Gasteiger partial charge is 0.364 e. The maximum Gasteiger partial charge on any atom is 0.265 e. The van der Waals surface area contributed by atoms with Crippen LogP contribution in [0, 0.1) is 11.3 Å². The molecule has 3 heterocycles. The first-order chi connectivity index (χ1) is 15.5. The van der Waals surface area contributed by atoms with Crippen molar-refractivity contribution in [2.24, 2.45) is 17.1 Å². The summed E-state index contributed by atoms with van der Waals surface area (Å²) < 4.78 is 1.97. The number of rotatable bonds is 5. The second-order valence-corrected chi connectivity index (χ2v) is 10.4. The van der Waals surface area contributed by atoms with Crippen molar-refractivity contribution >= 4 is 35.1 Å². The van der Waals surface area contributed by atoms with Crippen LogP contribution in [0.5, 0.6) is 0 Å². The van der Waals surface area contributed by atoms with Crippen LogP contribution in [0.1, 0.15) is 62.6 Å². The van der Waals surface area contributed by atoms with E-state index in [0.29, 0.717) is 35.1 Å². The number of halogens is 1. The van der Waals surface area contributed by atoms with Gasteiger partial charge in [0.2, 0.25) is 11.8 Å². The van der Waals surface area contributed by atoms with E-state index in [1.54, 1.807) is 12.1 Å². The van der Waals surface area contributed by atoms with E-state index in [9.17, 15) is 14.4 Å². The summed E-state index contributed by atoms with van der Waals surface area (Å²) in [7, 11) is 0. The molecule has 1 saturated carbocycles. The Kier molecular flexibility index (Phi) is 6.22. The summed E-state index contributed by atoms with van der Waals surface area (Å²) in [5.41, 5.74) is 8.63. The maximum absolute atomic E-state index is 12.9. The molecule has 0 bridgehead atoms. The standard InChI is InChI=1S/C24H30ClN5O3/c1-13(31)28-15-6-4-5-14(7-15)23(33)29-21-9-16(18(25)11-27-21)17-8-19(22(26)32)30-12-24(2,3)10-20(17)30/h8-9,11,14-15H,4-7,10,12H2,1-3H3,(H2,26,32)(H,28,31)(H,27,29,33)/t14-,15+/m0/s1. The summed E-state index contributed by atoms with van der Waals surface area (Å²) in [5, 5.41) is 6.27. The van der Waals surface area contributed by atoms with Crippen LogP contribution in [0.3, 0.4) is 0 Å². The van der Waals surface area contributed by atoms with Gasteiger partial charge >= 0.3 is 0 Å². The van der Waals surface area contributed by atoms with Gasteiger partial charge in [-0.25, -0.2) is 4.98 Å². The van der Waals surface area contributed by atoms with Gasteiger partial charge < -0.3 is 20.9 Å². The third-order valence-electron chi connectivity index (χ3n) is 6.54. The van der Waals surface area contributed by atoms with E-state index in [2.05, 4.69) is 29.5 Å². The molecule has 4 rings (SSSR count). The first kappa shape index (κ1) is 23.3. The molecular formula is C24H30ClN5O3. The van der Waals surface area contributed by atoms with E-state index in [-0.39, 0.29) is 29.2 Å². The quantitative estimate of drug-likeness (QED) is 0.618. The summed E-state index contributed by atoms with van der Waals surface area (Å²) in [6.45, 7) is 6.48. The molecule has 33 heavy (non-hydrogen) atoms. The van der Waals surface area contributed by atoms with E-state index < -0.39 is 5.91 Å². The molecule has 0 spiro atoms. The molecule has 176 valence electrons. The van der Waals surface area contributed by atoms with Crippen molar-refractivity contribution in [3.63, 3.8) is 0 Å². The lowest BCUT2D eigenvalue weighted by atomic mass is 9.85. The number of primary amides is 1. The number of hydrogen-bond acceptors (Lipinski definition) is 4. The Balaban J connectivity index is 1.59. The fraction of sp³-hybridized carbons (Fsp3) is 0.500. The Hall–Kier alpha value is -2.87. The number of pyridine rings is 1. The van der Waals surface area contributed by atoms with Crippen molar-refractivity contribution in [3.05, 3.63) is 34.7 Å². The number of nitrogens with one attached hydrogen (secondary N) is 2. The molecule has 0 aromatic carbocycles. The van der Waals surface area contributed by atoms with Gasteiger partial charge in [-0.2, -0.15) is 0 Å². The zero-order valence-electron chi connectivity index (χ0n) is 19.2. The molecule has 1 aliphatic heterocycles. The molecule has 0 radical (unpaired) electrons. The minimum Gasteiger partial charge on any atom is -0.364 e.